The van der Waals surface area contributed by atoms with Gasteiger partial charge < -0.3 is 5.11 Å². The van der Waals surface area contributed by atoms with Crippen LogP contribution in [0, 0.1) is 35.0 Å². The Bertz CT molecular complexity index is 653. The quantitative estimate of drug-likeness (QED) is 0.446. The lowest BCUT2D eigenvalue weighted by atomic mass is 9.60. The van der Waals surface area contributed by atoms with Crippen molar-refractivity contribution in [1.29, 1.82) is 0 Å². The van der Waals surface area contributed by atoms with Gasteiger partial charge in [-0.3, -0.25) is 0 Å². The Balaban J connectivity index is 1.69. The molecule has 3 aliphatic rings. The second-order valence-corrected chi connectivity index (χ2v) is 11.5. The molecule has 3 fully saturated rings. The molecule has 6 unspecified atom stereocenters. The summed E-state index contributed by atoms with van der Waals surface area (Å²) in [6.07, 6.45) is 18.2. The standard InChI is InChI=1S/C29H48O/c1-7-23(20(2)3)12-10-22(5)27-16-17-28-24(9-8-18-29(27,28)6)13-14-25-19-26(30)15-11-21(25)4/h13-14,20,22-23,26-28,30H,4,7-12,15-19H2,1-3,5-6H3/b24-13-,25-14-. The first-order chi connectivity index (χ1) is 14.3. The minimum atomic E-state index is -0.175. The van der Waals surface area contributed by atoms with Gasteiger partial charge in [-0.05, 0) is 98.4 Å². The maximum atomic E-state index is 10.1. The zero-order valence-electron chi connectivity index (χ0n) is 20.6. The number of allylic oxidation sites excluding steroid dienone is 4. The maximum absolute atomic E-state index is 10.1. The van der Waals surface area contributed by atoms with E-state index in [1.54, 1.807) is 5.57 Å². The van der Waals surface area contributed by atoms with Crippen LogP contribution in [0.4, 0.5) is 0 Å². The molecule has 3 saturated carbocycles. The van der Waals surface area contributed by atoms with Crippen LogP contribution in [0.3, 0.4) is 0 Å². The van der Waals surface area contributed by atoms with Crippen molar-refractivity contribution >= 4 is 0 Å². The van der Waals surface area contributed by atoms with Crippen molar-refractivity contribution in [3.05, 3.63) is 35.5 Å². The fourth-order valence-electron chi connectivity index (χ4n) is 7.30. The molecule has 30 heavy (non-hydrogen) atoms. The van der Waals surface area contributed by atoms with E-state index in [0.29, 0.717) is 5.41 Å². The van der Waals surface area contributed by atoms with Crippen LogP contribution < -0.4 is 0 Å². The maximum Gasteiger partial charge on any atom is 0.0583 e. The van der Waals surface area contributed by atoms with E-state index in [9.17, 15) is 5.11 Å². The number of fused-ring (bicyclic) bond motifs is 1. The summed E-state index contributed by atoms with van der Waals surface area (Å²) in [4.78, 5) is 0. The van der Waals surface area contributed by atoms with Gasteiger partial charge in [-0.2, -0.15) is 0 Å². The molecule has 1 heteroatoms. The third kappa shape index (κ3) is 5.14. The predicted molar refractivity (Wildman–Crippen MR) is 130 cm³/mol. The van der Waals surface area contributed by atoms with E-state index >= 15 is 0 Å². The lowest BCUT2D eigenvalue weighted by Gasteiger charge is -2.44. The second kappa shape index (κ2) is 10.2. The molecule has 0 radical (unpaired) electrons. The molecule has 0 aromatic rings. The van der Waals surface area contributed by atoms with Gasteiger partial charge in [0, 0.05) is 0 Å². The number of aliphatic hydroxyl groups excluding tert-OH is 1. The fourth-order valence-corrected chi connectivity index (χ4v) is 7.30. The van der Waals surface area contributed by atoms with Gasteiger partial charge in [0.1, 0.15) is 0 Å². The Kier molecular flexibility index (Phi) is 8.10. The van der Waals surface area contributed by atoms with Crippen LogP contribution in [0.25, 0.3) is 0 Å². The first kappa shape index (κ1) is 23.8. The SMILES string of the molecule is C=C1CCC(O)C/C1=C/C=C1/CCCC2(C)C1CCC2C(C)CCC(CC)C(C)C. The molecule has 0 aliphatic heterocycles. The highest BCUT2D eigenvalue weighted by molar-refractivity contribution is 5.36. The average Bonchev–Trinajstić information content (AvgIpc) is 3.06. The summed E-state index contributed by atoms with van der Waals surface area (Å²) in [5.74, 6) is 4.21. The molecule has 0 bridgehead atoms. The molecule has 0 spiro atoms. The van der Waals surface area contributed by atoms with Crippen molar-refractivity contribution in [2.45, 2.75) is 111 Å². The molecular weight excluding hydrogens is 364 g/mol. The summed E-state index contributed by atoms with van der Waals surface area (Å²) in [6.45, 7) is 16.6. The van der Waals surface area contributed by atoms with Crippen molar-refractivity contribution in [3.63, 3.8) is 0 Å². The van der Waals surface area contributed by atoms with Crippen LogP contribution >= 0.6 is 0 Å². The van der Waals surface area contributed by atoms with Gasteiger partial charge in [-0.25, -0.2) is 0 Å². The summed E-state index contributed by atoms with van der Waals surface area (Å²) < 4.78 is 0. The van der Waals surface area contributed by atoms with Gasteiger partial charge in [0.25, 0.3) is 0 Å². The molecule has 1 N–H and O–H groups in total. The van der Waals surface area contributed by atoms with E-state index in [0.717, 1.165) is 48.9 Å². The number of hydrogen-bond donors (Lipinski definition) is 1. The molecule has 0 heterocycles. The van der Waals surface area contributed by atoms with Gasteiger partial charge in [0.05, 0.1) is 6.10 Å². The molecule has 0 aromatic carbocycles. The zero-order valence-corrected chi connectivity index (χ0v) is 20.6. The second-order valence-electron chi connectivity index (χ2n) is 11.5. The Morgan fingerprint density at radius 3 is 2.57 bits per heavy atom. The van der Waals surface area contributed by atoms with E-state index in [1.165, 1.54) is 62.5 Å². The van der Waals surface area contributed by atoms with Crippen molar-refractivity contribution in [2.24, 2.45) is 35.0 Å². The summed E-state index contributed by atoms with van der Waals surface area (Å²) >= 11 is 0. The molecule has 0 amide bonds. The van der Waals surface area contributed by atoms with Gasteiger partial charge >= 0.3 is 0 Å². The highest BCUT2D eigenvalue weighted by atomic mass is 16.3. The van der Waals surface area contributed by atoms with Gasteiger partial charge in [0.15, 0.2) is 0 Å². The molecule has 3 aliphatic carbocycles. The molecular formula is C29H48O. The molecule has 1 nitrogen and oxygen atoms in total. The Morgan fingerprint density at radius 2 is 1.87 bits per heavy atom. The first-order valence-corrected chi connectivity index (χ1v) is 13.0. The first-order valence-electron chi connectivity index (χ1n) is 13.0. The average molecular weight is 413 g/mol. The van der Waals surface area contributed by atoms with Crippen LogP contribution in [0.5, 0.6) is 0 Å². The molecule has 170 valence electrons. The van der Waals surface area contributed by atoms with Crippen LogP contribution in [-0.2, 0) is 0 Å². The minimum Gasteiger partial charge on any atom is -0.393 e. The van der Waals surface area contributed by atoms with Crippen molar-refractivity contribution in [1.82, 2.24) is 0 Å². The van der Waals surface area contributed by atoms with Gasteiger partial charge in [0.2, 0.25) is 0 Å². The lowest BCUT2D eigenvalue weighted by molar-refractivity contribution is 0.0900. The summed E-state index contributed by atoms with van der Waals surface area (Å²) in [7, 11) is 0. The molecule has 0 saturated heterocycles. The zero-order chi connectivity index (χ0) is 21.9. The van der Waals surface area contributed by atoms with E-state index in [-0.39, 0.29) is 6.10 Å². The third-order valence-electron chi connectivity index (χ3n) is 9.37. The summed E-state index contributed by atoms with van der Waals surface area (Å²) in [5, 5.41) is 10.1. The number of hydrogen-bond acceptors (Lipinski definition) is 1. The molecule has 0 aromatic heterocycles. The van der Waals surface area contributed by atoms with E-state index in [4.69, 9.17) is 0 Å². The normalized spacial score (nSPS) is 37.0. The fraction of sp³-hybridized carbons (Fsp3) is 0.793. The summed E-state index contributed by atoms with van der Waals surface area (Å²) in [6, 6.07) is 0. The van der Waals surface area contributed by atoms with Crippen LogP contribution in [-0.4, -0.2) is 11.2 Å². The van der Waals surface area contributed by atoms with E-state index < -0.39 is 0 Å². The lowest BCUT2D eigenvalue weighted by Crippen LogP contribution is -2.36. The monoisotopic (exact) mass is 412 g/mol. The highest BCUT2D eigenvalue weighted by Gasteiger charge is 2.50. The van der Waals surface area contributed by atoms with Gasteiger partial charge in [-0.15, -0.1) is 0 Å². The van der Waals surface area contributed by atoms with E-state index in [1.807, 2.05) is 0 Å². The molecule has 3 rings (SSSR count). The predicted octanol–water partition coefficient (Wildman–Crippen LogP) is 8.26. The minimum absolute atomic E-state index is 0.175. The largest absolute Gasteiger partial charge is 0.393 e. The van der Waals surface area contributed by atoms with E-state index in [2.05, 4.69) is 53.3 Å². The third-order valence-corrected chi connectivity index (χ3v) is 9.37. The molecule has 6 atom stereocenters. The van der Waals surface area contributed by atoms with Crippen molar-refractivity contribution in [2.75, 3.05) is 0 Å². The van der Waals surface area contributed by atoms with Crippen LogP contribution in [0.2, 0.25) is 0 Å². The smallest absolute Gasteiger partial charge is 0.0583 e. The Labute approximate surface area is 187 Å². The van der Waals surface area contributed by atoms with Crippen molar-refractivity contribution < 1.29 is 5.11 Å². The number of rotatable bonds is 7. The highest BCUT2D eigenvalue weighted by Crippen LogP contribution is 2.60. The Morgan fingerprint density at radius 1 is 1.10 bits per heavy atom. The van der Waals surface area contributed by atoms with Crippen molar-refractivity contribution in [3.8, 4) is 0 Å². The van der Waals surface area contributed by atoms with Crippen LogP contribution in [0.1, 0.15) is 105 Å². The summed E-state index contributed by atoms with van der Waals surface area (Å²) in [5.41, 5.74) is 4.71. The van der Waals surface area contributed by atoms with Crippen LogP contribution in [0.15, 0.2) is 35.5 Å². The number of aliphatic hydroxyl groups is 1. The topological polar surface area (TPSA) is 20.2 Å². The van der Waals surface area contributed by atoms with Gasteiger partial charge in [-0.1, -0.05) is 77.3 Å². The Hall–Kier alpha value is -0.820.